The van der Waals surface area contributed by atoms with E-state index in [1.54, 1.807) is 13.8 Å². The third-order valence-electron chi connectivity index (χ3n) is 4.42. The summed E-state index contributed by atoms with van der Waals surface area (Å²) in [6.45, 7) is 3.66. The number of nitrogens with one attached hydrogen (secondary N) is 2. The molecular weight excluding hydrogens is 278 g/mol. The number of primary amides is 1. The van der Waals surface area contributed by atoms with Gasteiger partial charge >= 0.3 is 6.03 Å². The van der Waals surface area contributed by atoms with Gasteiger partial charge in [-0.05, 0) is 38.2 Å². The third kappa shape index (κ3) is 4.00. The minimum absolute atomic E-state index is 0.0200. The Morgan fingerprint density at radius 3 is 2.41 bits per heavy atom. The first-order valence-corrected chi connectivity index (χ1v) is 7.79. The number of amides is 3. The van der Waals surface area contributed by atoms with Gasteiger partial charge in [-0.3, -0.25) is 4.79 Å². The van der Waals surface area contributed by atoms with Gasteiger partial charge in [0.05, 0.1) is 11.5 Å². The fraction of sp³-hybridized carbons (Fsp3) is 0.529. The van der Waals surface area contributed by atoms with Crippen LogP contribution in [0.15, 0.2) is 30.3 Å². The zero-order valence-electron chi connectivity index (χ0n) is 13.3. The number of urea groups is 1. The van der Waals surface area contributed by atoms with Gasteiger partial charge in [0.25, 0.3) is 0 Å². The van der Waals surface area contributed by atoms with Gasteiger partial charge in [0.2, 0.25) is 5.91 Å². The van der Waals surface area contributed by atoms with E-state index in [1.165, 1.54) is 6.42 Å². The first-order valence-electron chi connectivity index (χ1n) is 7.79. The molecule has 120 valence electrons. The fourth-order valence-corrected chi connectivity index (χ4v) is 2.49. The Bertz CT molecular complexity index is 524. The van der Waals surface area contributed by atoms with Gasteiger partial charge in [0.1, 0.15) is 0 Å². The lowest BCUT2D eigenvalue weighted by Crippen LogP contribution is -2.47. The first-order chi connectivity index (χ1) is 10.4. The van der Waals surface area contributed by atoms with Crippen LogP contribution in [0.2, 0.25) is 0 Å². The molecule has 0 radical (unpaired) electrons. The Morgan fingerprint density at radius 2 is 1.91 bits per heavy atom. The van der Waals surface area contributed by atoms with E-state index in [9.17, 15) is 9.59 Å². The number of carbonyl (C=O) groups excluding carboxylic acids is 2. The molecule has 5 heteroatoms. The molecule has 0 heterocycles. The van der Waals surface area contributed by atoms with E-state index in [1.807, 2.05) is 30.3 Å². The highest BCUT2D eigenvalue weighted by molar-refractivity contribution is 5.81. The van der Waals surface area contributed by atoms with Crippen LogP contribution in [-0.4, -0.2) is 18.5 Å². The largest absolute Gasteiger partial charge is 0.369 e. The van der Waals surface area contributed by atoms with E-state index in [4.69, 9.17) is 5.73 Å². The third-order valence-corrected chi connectivity index (χ3v) is 4.42. The average molecular weight is 303 g/mol. The maximum Gasteiger partial charge on any atom is 0.315 e. The first kappa shape index (κ1) is 16.3. The molecule has 4 N–H and O–H groups in total. The molecule has 0 aliphatic heterocycles. The van der Waals surface area contributed by atoms with E-state index < -0.39 is 11.3 Å². The van der Waals surface area contributed by atoms with Crippen LogP contribution in [0.5, 0.6) is 0 Å². The quantitative estimate of drug-likeness (QED) is 0.753. The molecule has 3 amide bonds. The van der Waals surface area contributed by atoms with Crippen LogP contribution in [-0.2, 0) is 4.79 Å². The second kappa shape index (κ2) is 6.81. The molecule has 1 saturated carbocycles. The molecular formula is C17H25N3O2. The summed E-state index contributed by atoms with van der Waals surface area (Å²) in [5.74, 6) is 0.0590. The summed E-state index contributed by atoms with van der Waals surface area (Å²) in [4.78, 5) is 23.5. The van der Waals surface area contributed by atoms with Gasteiger partial charge in [-0.25, -0.2) is 4.79 Å². The molecule has 1 aromatic rings. The second-order valence-corrected chi connectivity index (χ2v) is 6.65. The van der Waals surface area contributed by atoms with Crippen molar-refractivity contribution < 1.29 is 9.59 Å². The number of benzene rings is 1. The lowest BCUT2D eigenvalue weighted by Gasteiger charge is -2.35. The zero-order chi connectivity index (χ0) is 16.2. The standard InChI is InChI=1S/C17H25N3O2/c1-17(2,15(18)21)11-19-16(22)20-14(13-9-6-10-13)12-7-4-3-5-8-12/h3-5,7-8,13-14H,6,9-11H2,1-2H3,(H2,18,21)(H2,19,20,22). The number of rotatable bonds is 6. The summed E-state index contributed by atoms with van der Waals surface area (Å²) < 4.78 is 0. The van der Waals surface area contributed by atoms with E-state index in [-0.39, 0.29) is 18.6 Å². The number of carbonyl (C=O) groups is 2. The highest BCUT2D eigenvalue weighted by Crippen LogP contribution is 2.37. The molecule has 0 spiro atoms. The predicted molar refractivity (Wildman–Crippen MR) is 86.0 cm³/mol. The van der Waals surface area contributed by atoms with Gasteiger partial charge < -0.3 is 16.4 Å². The van der Waals surface area contributed by atoms with Crippen molar-refractivity contribution in [3.8, 4) is 0 Å². The molecule has 0 saturated heterocycles. The van der Waals surface area contributed by atoms with E-state index in [0.29, 0.717) is 5.92 Å². The van der Waals surface area contributed by atoms with Crippen LogP contribution >= 0.6 is 0 Å². The van der Waals surface area contributed by atoms with Gasteiger partial charge in [-0.15, -0.1) is 0 Å². The molecule has 5 nitrogen and oxygen atoms in total. The van der Waals surface area contributed by atoms with Gasteiger partial charge in [0, 0.05) is 6.54 Å². The zero-order valence-corrected chi connectivity index (χ0v) is 13.3. The van der Waals surface area contributed by atoms with Crippen LogP contribution in [0, 0.1) is 11.3 Å². The Kier molecular flexibility index (Phi) is 5.06. The Balaban J connectivity index is 1.96. The second-order valence-electron chi connectivity index (χ2n) is 6.65. The van der Waals surface area contributed by atoms with Gasteiger partial charge in [-0.2, -0.15) is 0 Å². The van der Waals surface area contributed by atoms with Crippen molar-refractivity contribution in [3.05, 3.63) is 35.9 Å². The van der Waals surface area contributed by atoms with Crippen molar-refractivity contribution in [2.45, 2.75) is 39.2 Å². The van der Waals surface area contributed by atoms with Crippen LogP contribution in [0.3, 0.4) is 0 Å². The van der Waals surface area contributed by atoms with Crippen molar-refractivity contribution in [1.29, 1.82) is 0 Å². The SMILES string of the molecule is CC(C)(CNC(=O)NC(c1ccccc1)C1CCC1)C(N)=O. The fourth-order valence-electron chi connectivity index (χ4n) is 2.49. The maximum atomic E-state index is 12.2. The molecule has 1 aromatic carbocycles. The molecule has 1 atom stereocenters. The number of hydrogen-bond acceptors (Lipinski definition) is 2. The van der Waals surface area contributed by atoms with Crippen LogP contribution in [0.1, 0.15) is 44.7 Å². The van der Waals surface area contributed by atoms with E-state index >= 15 is 0 Å². The Hall–Kier alpha value is -2.04. The molecule has 1 unspecified atom stereocenters. The molecule has 0 bridgehead atoms. The summed E-state index contributed by atoms with van der Waals surface area (Å²) in [7, 11) is 0. The monoisotopic (exact) mass is 303 g/mol. The minimum Gasteiger partial charge on any atom is -0.369 e. The number of hydrogen-bond donors (Lipinski definition) is 3. The molecule has 1 aliphatic rings. The molecule has 22 heavy (non-hydrogen) atoms. The predicted octanol–water partition coefficient (Wildman–Crippen LogP) is 2.34. The van der Waals surface area contributed by atoms with Crippen molar-refractivity contribution >= 4 is 11.9 Å². The van der Waals surface area contributed by atoms with Gasteiger partial charge in [-0.1, -0.05) is 36.8 Å². The highest BCUT2D eigenvalue weighted by atomic mass is 16.2. The summed E-state index contributed by atoms with van der Waals surface area (Å²) >= 11 is 0. The normalized spacial score (nSPS) is 16.5. The molecule has 2 rings (SSSR count). The van der Waals surface area contributed by atoms with Crippen LogP contribution in [0.25, 0.3) is 0 Å². The van der Waals surface area contributed by atoms with E-state index in [2.05, 4.69) is 10.6 Å². The molecule has 0 aromatic heterocycles. The van der Waals surface area contributed by atoms with Crippen molar-refractivity contribution in [3.63, 3.8) is 0 Å². The van der Waals surface area contributed by atoms with E-state index in [0.717, 1.165) is 18.4 Å². The van der Waals surface area contributed by atoms with Gasteiger partial charge in [0.15, 0.2) is 0 Å². The smallest absolute Gasteiger partial charge is 0.315 e. The van der Waals surface area contributed by atoms with Crippen LogP contribution in [0.4, 0.5) is 4.79 Å². The molecule has 1 aliphatic carbocycles. The van der Waals surface area contributed by atoms with Crippen molar-refractivity contribution in [1.82, 2.24) is 10.6 Å². The number of nitrogens with two attached hydrogens (primary N) is 1. The van der Waals surface area contributed by atoms with Crippen molar-refractivity contribution in [2.75, 3.05) is 6.54 Å². The summed E-state index contributed by atoms with van der Waals surface area (Å²) in [6, 6.07) is 9.78. The summed E-state index contributed by atoms with van der Waals surface area (Å²) in [5.41, 5.74) is 5.68. The highest BCUT2D eigenvalue weighted by Gasteiger charge is 2.30. The Labute approximate surface area is 131 Å². The summed E-state index contributed by atoms with van der Waals surface area (Å²) in [6.07, 6.45) is 3.48. The minimum atomic E-state index is -0.754. The Morgan fingerprint density at radius 1 is 1.27 bits per heavy atom. The lowest BCUT2D eigenvalue weighted by molar-refractivity contribution is -0.125. The average Bonchev–Trinajstić information content (AvgIpc) is 2.43. The lowest BCUT2D eigenvalue weighted by atomic mass is 9.77. The summed E-state index contributed by atoms with van der Waals surface area (Å²) in [5, 5.41) is 5.80. The van der Waals surface area contributed by atoms with Crippen LogP contribution < -0.4 is 16.4 Å². The molecule has 1 fully saturated rings. The van der Waals surface area contributed by atoms with Crippen molar-refractivity contribution in [2.24, 2.45) is 17.1 Å². The topological polar surface area (TPSA) is 84.2 Å². The maximum absolute atomic E-state index is 12.2.